The van der Waals surface area contributed by atoms with Crippen molar-refractivity contribution in [2.45, 2.75) is 20.4 Å². The zero-order valence-corrected chi connectivity index (χ0v) is 15.9. The number of carbonyl (C=O) groups is 1. The monoisotopic (exact) mass is 365 g/mol. The van der Waals surface area contributed by atoms with Crippen LogP contribution in [0.2, 0.25) is 0 Å². The van der Waals surface area contributed by atoms with E-state index < -0.39 is 0 Å². The van der Waals surface area contributed by atoms with Crippen molar-refractivity contribution < 1.29 is 4.79 Å². The lowest BCUT2D eigenvalue weighted by Gasteiger charge is -2.19. The van der Waals surface area contributed by atoms with Gasteiger partial charge in [0.05, 0.1) is 5.69 Å². The molecule has 0 bridgehead atoms. The lowest BCUT2D eigenvalue weighted by Crippen LogP contribution is -2.39. The zero-order valence-electron chi connectivity index (χ0n) is 15.1. The molecule has 0 aliphatic carbocycles. The summed E-state index contributed by atoms with van der Waals surface area (Å²) in [6.07, 6.45) is 0. The number of amides is 2. The Morgan fingerprint density at radius 2 is 1.69 bits per heavy atom. The quantitative estimate of drug-likeness (QED) is 0.666. The van der Waals surface area contributed by atoms with Gasteiger partial charge in [-0.1, -0.05) is 54.6 Å². The largest absolute Gasteiger partial charge is 0.334 e. The summed E-state index contributed by atoms with van der Waals surface area (Å²) in [6.45, 7) is 5.93. The summed E-state index contributed by atoms with van der Waals surface area (Å²) in [5.41, 5.74) is 4.30. The van der Waals surface area contributed by atoms with E-state index in [0.29, 0.717) is 6.54 Å². The number of rotatable bonds is 6. The van der Waals surface area contributed by atoms with Crippen LogP contribution in [-0.4, -0.2) is 29.0 Å². The molecule has 0 saturated carbocycles. The molecule has 0 aliphatic heterocycles. The molecule has 0 fully saturated rings. The molecule has 0 aliphatic rings. The number of urea groups is 1. The van der Waals surface area contributed by atoms with Crippen LogP contribution < -0.4 is 5.32 Å². The van der Waals surface area contributed by atoms with Crippen molar-refractivity contribution in [2.24, 2.45) is 0 Å². The van der Waals surface area contributed by atoms with E-state index >= 15 is 0 Å². The van der Waals surface area contributed by atoms with Crippen LogP contribution in [0.4, 0.5) is 4.79 Å². The van der Waals surface area contributed by atoms with Crippen LogP contribution in [0.15, 0.2) is 60.0 Å². The molecule has 3 aromatic rings. The summed E-state index contributed by atoms with van der Waals surface area (Å²) in [7, 11) is 0. The first kappa shape index (κ1) is 18.1. The van der Waals surface area contributed by atoms with Crippen LogP contribution in [0.5, 0.6) is 0 Å². The second-order valence-corrected chi connectivity index (χ2v) is 6.79. The summed E-state index contributed by atoms with van der Waals surface area (Å²) in [4.78, 5) is 18.5. The number of nitrogens with one attached hydrogen (secondary N) is 1. The molecule has 0 unspecified atom stereocenters. The Labute approximate surface area is 158 Å². The maximum Gasteiger partial charge on any atom is 0.317 e. The van der Waals surface area contributed by atoms with Gasteiger partial charge in [-0.3, -0.25) is 0 Å². The van der Waals surface area contributed by atoms with Crippen molar-refractivity contribution in [3.63, 3.8) is 0 Å². The maximum atomic E-state index is 12.0. The second-order valence-electron chi connectivity index (χ2n) is 5.93. The minimum Gasteiger partial charge on any atom is -0.334 e. The lowest BCUT2D eigenvalue weighted by atomic mass is 10.1. The van der Waals surface area contributed by atoms with Crippen molar-refractivity contribution in [3.8, 4) is 21.8 Å². The molecule has 5 heteroatoms. The number of hydrogen-bond acceptors (Lipinski definition) is 3. The molecule has 0 spiro atoms. The van der Waals surface area contributed by atoms with E-state index in [1.807, 2.05) is 44.2 Å². The molecule has 0 radical (unpaired) electrons. The molecule has 26 heavy (non-hydrogen) atoms. The highest BCUT2D eigenvalue weighted by atomic mass is 32.1. The van der Waals surface area contributed by atoms with Crippen molar-refractivity contribution in [2.75, 3.05) is 13.1 Å². The minimum atomic E-state index is -0.0218. The molecular weight excluding hydrogens is 342 g/mol. The van der Waals surface area contributed by atoms with Crippen molar-refractivity contribution >= 4 is 17.4 Å². The van der Waals surface area contributed by atoms with E-state index in [2.05, 4.69) is 35.0 Å². The summed E-state index contributed by atoms with van der Waals surface area (Å²) in [5, 5.41) is 6.05. The first-order valence-electron chi connectivity index (χ1n) is 8.84. The molecule has 4 nitrogen and oxygen atoms in total. The van der Waals surface area contributed by atoms with Crippen LogP contribution in [0.3, 0.4) is 0 Å². The minimum absolute atomic E-state index is 0.0218. The Balaban J connectivity index is 1.65. The first-order valence-corrected chi connectivity index (χ1v) is 9.72. The highest BCUT2D eigenvalue weighted by Gasteiger charge is 2.09. The third-order valence-electron chi connectivity index (χ3n) is 4.27. The number of hydrogen-bond donors (Lipinski definition) is 1. The van der Waals surface area contributed by atoms with Gasteiger partial charge in [0.2, 0.25) is 0 Å². The van der Waals surface area contributed by atoms with Crippen LogP contribution in [-0.2, 0) is 6.54 Å². The third-order valence-corrected chi connectivity index (χ3v) is 5.16. The average molecular weight is 366 g/mol. The summed E-state index contributed by atoms with van der Waals surface area (Å²) in [6, 6.07) is 18.4. The van der Waals surface area contributed by atoms with Crippen LogP contribution in [0, 0.1) is 0 Å². The van der Waals surface area contributed by atoms with Gasteiger partial charge in [0.1, 0.15) is 5.01 Å². The third kappa shape index (κ3) is 4.29. The summed E-state index contributed by atoms with van der Waals surface area (Å²) < 4.78 is 0. The molecule has 1 aromatic heterocycles. The molecule has 2 aromatic carbocycles. The molecule has 0 atom stereocenters. The van der Waals surface area contributed by atoms with E-state index in [0.717, 1.165) is 40.5 Å². The van der Waals surface area contributed by atoms with E-state index in [1.54, 1.807) is 16.2 Å². The number of aromatic nitrogens is 1. The summed E-state index contributed by atoms with van der Waals surface area (Å²) in [5.74, 6) is 0. The Kier molecular flexibility index (Phi) is 6.02. The smallest absolute Gasteiger partial charge is 0.317 e. The van der Waals surface area contributed by atoms with Crippen molar-refractivity contribution in [3.05, 3.63) is 65.5 Å². The Bertz CT molecular complexity index is 839. The van der Waals surface area contributed by atoms with Gasteiger partial charge in [0.15, 0.2) is 0 Å². The summed E-state index contributed by atoms with van der Waals surface area (Å²) >= 11 is 1.64. The lowest BCUT2D eigenvalue weighted by molar-refractivity contribution is 0.203. The highest BCUT2D eigenvalue weighted by molar-refractivity contribution is 7.13. The van der Waals surface area contributed by atoms with Crippen molar-refractivity contribution in [1.82, 2.24) is 15.2 Å². The Morgan fingerprint density at radius 3 is 2.35 bits per heavy atom. The molecule has 134 valence electrons. The number of benzene rings is 2. The van der Waals surface area contributed by atoms with Gasteiger partial charge in [-0.25, -0.2) is 9.78 Å². The molecule has 1 N–H and O–H groups in total. The molecule has 0 saturated heterocycles. The fraction of sp³-hybridized carbons (Fsp3) is 0.238. The Morgan fingerprint density at radius 1 is 1.00 bits per heavy atom. The fourth-order valence-electron chi connectivity index (χ4n) is 2.71. The highest BCUT2D eigenvalue weighted by Crippen LogP contribution is 2.28. The van der Waals surface area contributed by atoms with Gasteiger partial charge in [-0.15, -0.1) is 11.3 Å². The standard InChI is InChI=1S/C21H23N3OS/c1-3-24(4-2)21(25)22-14-16-10-12-18(13-11-16)20-23-19(15-26-20)17-8-6-5-7-9-17/h5-13,15H,3-4,14H2,1-2H3,(H,22,25). The molecule has 3 rings (SSSR count). The van der Waals surface area contributed by atoms with Crippen LogP contribution in [0.1, 0.15) is 19.4 Å². The van der Waals surface area contributed by atoms with Gasteiger partial charge in [-0.05, 0) is 19.4 Å². The van der Waals surface area contributed by atoms with E-state index in [4.69, 9.17) is 4.98 Å². The molecular formula is C21H23N3OS. The SMILES string of the molecule is CCN(CC)C(=O)NCc1ccc(-c2nc(-c3ccccc3)cs2)cc1. The van der Waals surface area contributed by atoms with Gasteiger partial charge >= 0.3 is 6.03 Å². The topological polar surface area (TPSA) is 45.2 Å². The van der Waals surface area contributed by atoms with Gasteiger partial charge in [0, 0.05) is 36.1 Å². The average Bonchev–Trinajstić information content (AvgIpc) is 3.19. The van der Waals surface area contributed by atoms with Crippen molar-refractivity contribution in [1.29, 1.82) is 0 Å². The predicted octanol–water partition coefficient (Wildman–Crippen LogP) is 5.03. The fourth-order valence-corrected chi connectivity index (χ4v) is 3.55. The number of nitrogens with zero attached hydrogens (tertiary/aromatic N) is 2. The second kappa shape index (κ2) is 8.63. The van der Waals surface area contributed by atoms with E-state index in [9.17, 15) is 4.79 Å². The first-order chi connectivity index (χ1) is 12.7. The number of thiazole rings is 1. The van der Waals surface area contributed by atoms with Gasteiger partial charge < -0.3 is 10.2 Å². The molecule has 2 amide bonds. The number of carbonyl (C=O) groups excluding carboxylic acids is 1. The van der Waals surface area contributed by atoms with E-state index in [-0.39, 0.29) is 6.03 Å². The van der Waals surface area contributed by atoms with Gasteiger partial charge in [-0.2, -0.15) is 0 Å². The maximum absolute atomic E-state index is 12.0. The van der Waals surface area contributed by atoms with E-state index in [1.165, 1.54) is 0 Å². The molecule has 1 heterocycles. The predicted molar refractivity (Wildman–Crippen MR) is 108 cm³/mol. The van der Waals surface area contributed by atoms with Crippen LogP contribution >= 0.6 is 11.3 Å². The Hall–Kier alpha value is -2.66. The normalized spacial score (nSPS) is 10.5. The van der Waals surface area contributed by atoms with Gasteiger partial charge in [0.25, 0.3) is 0 Å². The van der Waals surface area contributed by atoms with Crippen LogP contribution in [0.25, 0.3) is 21.8 Å². The zero-order chi connectivity index (χ0) is 18.4.